The van der Waals surface area contributed by atoms with E-state index >= 15 is 0 Å². The molecule has 0 spiro atoms. The van der Waals surface area contributed by atoms with Gasteiger partial charge in [0.15, 0.2) is 0 Å². The number of aliphatic hydroxyl groups excluding tert-OH is 4. The van der Waals surface area contributed by atoms with Gasteiger partial charge in [0.05, 0.1) is 24.4 Å². The summed E-state index contributed by atoms with van der Waals surface area (Å²) in [6.07, 6.45) is 17.9. The molecular weight excluding hydrogens is 711 g/mol. The highest BCUT2D eigenvalue weighted by Gasteiger charge is 2.24. The van der Waals surface area contributed by atoms with E-state index in [9.17, 15) is 9.59 Å². The summed E-state index contributed by atoms with van der Waals surface area (Å²) in [4.78, 5) is 22.0. The Morgan fingerprint density at radius 2 is 1.06 bits per heavy atom. The van der Waals surface area contributed by atoms with Gasteiger partial charge >= 0.3 is 12.3 Å². The first-order valence-electron chi connectivity index (χ1n) is 16.8. The normalized spacial score (nSPS) is 18.9. The van der Waals surface area contributed by atoms with Crippen molar-refractivity contribution in [1.82, 2.24) is 10.6 Å². The van der Waals surface area contributed by atoms with E-state index in [-0.39, 0.29) is 39.7 Å². The van der Waals surface area contributed by atoms with E-state index in [0.29, 0.717) is 13.1 Å². The number of nitrogens with one attached hydrogen (secondary N) is 2. The molecule has 4 atom stereocenters. The molecule has 0 radical (unpaired) electrons. The number of allylic oxidation sites excluding steroid dienone is 4. The number of rotatable bonds is 8. The predicted molar refractivity (Wildman–Crippen MR) is 223 cm³/mol. The second-order valence-electron chi connectivity index (χ2n) is 13.0. The maximum absolute atomic E-state index is 11.0. The van der Waals surface area contributed by atoms with Crippen LogP contribution in [0.3, 0.4) is 0 Å². The van der Waals surface area contributed by atoms with Gasteiger partial charge in [-0.15, -0.1) is 51.1 Å². The van der Waals surface area contributed by atoms with Crippen molar-refractivity contribution in [1.29, 1.82) is 0 Å². The lowest BCUT2D eigenvalue weighted by molar-refractivity contribution is -0.0293. The Kier molecular flexibility index (Phi) is 51.7. The highest BCUT2D eigenvalue weighted by atomic mass is 35.5. The zero-order valence-corrected chi connectivity index (χ0v) is 33.1. The van der Waals surface area contributed by atoms with E-state index in [4.69, 9.17) is 29.9 Å². The minimum absolute atomic E-state index is 0. The Morgan fingerprint density at radius 1 is 0.692 bits per heavy atom. The summed E-state index contributed by atoms with van der Waals surface area (Å²) in [6.45, 7) is 27.1. The molecular formula is C39H78Cl2N2O9. The van der Waals surface area contributed by atoms with Gasteiger partial charge in [0.2, 0.25) is 0 Å². The average Bonchev–Trinajstić information content (AvgIpc) is 3.75. The third-order valence-electron chi connectivity index (χ3n) is 5.84. The lowest BCUT2D eigenvalue weighted by atomic mass is 10.2. The van der Waals surface area contributed by atoms with E-state index in [2.05, 4.69) is 53.8 Å². The number of unbranched alkanes of at least 4 members (excludes halogenated alkanes) is 2. The van der Waals surface area contributed by atoms with Crippen LogP contribution < -0.4 is 10.6 Å². The van der Waals surface area contributed by atoms with E-state index in [1.165, 1.54) is 25.7 Å². The van der Waals surface area contributed by atoms with E-state index < -0.39 is 47.9 Å². The number of carbonyl (C=O) groups is 2. The Morgan fingerprint density at radius 3 is 1.25 bits per heavy atom. The molecule has 1 aliphatic heterocycles. The molecule has 1 saturated heterocycles. The minimum atomic E-state index is -1.06. The fourth-order valence-electron chi connectivity index (χ4n) is 3.47. The van der Waals surface area contributed by atoms with Crippen molar-refractivity contribution in [3.8, 4) is 0 Å². The van der Waals surface area contributed by atoms with E-state index in [1.807, 2.05) is 24.3 Å². The molecule has 11 nitrogen and oxygen atoms in total. The molecule has 3 aliphatic rings. The molecule has 2 fully saturated rings. The SMILES string of the molecule is C.C.C1=CCCC1.C=CCCCC=C.C=CCNCC=C.CC(C)(C)OC(=O)OC(=O)OC(C)(C)C.Cl.Cl.O[C@@H]1CCC[C@@H]1O.O[C@@H]1CNC[C@@H]1O. The number of hydrogen-bond donors (Lipinski definition) is 6. The number of ether oxygens (including phenoxy) is 3. The molecule has 3 rings (SSSR count). The molecule has 52 heavy (non-hydrogen) atoms. The van der Waals surface area contributed by atoms with Crippen molar-refractivity contribution >= 4 is 37.1 Å². The fourth-order valence-corrected chi connectivity index (χ4v) is 3.47. The van der Waals surface area contributed by atoms with Crippen LogP contribution >= 0.6 is 24.8 Å². The van der Waals surface area contributed by atoms with Crippen LogP contribution in [-0.4, -0.2) is 94.5 Å². The van der Waals surface area contributed by atoms with Crippen molar-refractivity contribution in [3.63, 3.8) is 0 Å². The van der Waals surface area contributed by atoms with Gasteiger partial charge < -0.3 is 45.3 Å². The lowest BCUT2D eigenvalue weighted by Crippen LogP contribution is -2.29. The second kappa shape index (κ2) is 41.5. The summed E-state index contributed by atoms with van der Waals surface area (Å²) >= 11 is 0. The molecule has 0 bridgehead atoms. The second-order valence-corrected chi connectivity index (χ2v) is 13.0. The molecule has 0 aromatic rings. The van der Waals surface area contributed by atoms with Gasteiger partial charge in [-0.1, -0.05) is 51.3 Å². The highest BCUT2D eigenvalue weighted by molar-refractivity contribution is 5.85. The largest absolute Gasteiger partial charge is 0.519 e. The molecule has 1 heterocycles. The molecule has 13 heteroatoms. The maximum Gasteiger partial charge on any atom is 0.519 e. The van der Waals surface area contributed by atoms with Crippen molar-refractivity contribution in [3.05, 3.63) is 62.8 Å². The smallest absolute Gasteiger partial charge is 0.428 e. The lowest BCUT2D eigenvalue weighted by Gasteiger charge is -2.20. The summed E-state index contributed by atoms with van der Waals surface area (Å²) in [5.41, 5.74) is -1.39. The van der Waals surface area contributed by atoms with Crippen LogP contribution in [-0.2, 0) is 14.2 Å². The molecule has 2 aliphatic carbocycles. The maximum atomic E-state index is 11.0. The first kappa shape index (κ1) is 64.7. The molecule has 0 aromatic carbocycles. The van der Waals surface area contributed by atoms with Crippen molar-refractivity contribution in [2.24, 2.45) is 0 Å². The summed E-state index contributed by atoms with van der Waals surface area (Å²) in [5.74, 6) is 0. The summed E-state index contributed by atoms with van der Waals surface area (Å²) in [5, 5.41) is 40.7. The van der Waals surface area contributed by atoms with Crippen molar-refractivity contribution in [2.75, 3.05) is 26.2 Å². The van der Waals surface area contributed by atoms with Gasteiger partial charge in [-0.3, -0.25) is 0 Å². The molecule has 0 aromatic heterocycles. The van der Waals surface area contributed by atoms with Crippen molar-refractivity contribution < 1.29 is 44.2 Å². The van der Waals surface area contributed by atoms with Gasteiger partial charge in [-0.25, -0.2) is 9.59 Å². The molecule has 0 unspecified atom stereocenters. The minimum Gasteiger partial charge on any atom is -0.428 e. The first-order valence-corrected chi connectivity index (χ1v) is 16.8. The van der Waals surface area contributed by atoms with Crippen LogP contribution in [0, 0.1) is 0 Å². The van der Waals surface area contributed by atoms with Crippen LogP contribution in [0.15, 0.2) is 62.8 Å². The Bertz CT molecular complexity index is 792. The number of β-amino-alcohol motifs (C(OH)–C–C–N with tert-alkyl or cyclic N) is 2. The Hall–Kier alpha value is -2.22. The predicted octanol–water partition coefficient (Wildman–Crippen LogP) is 8.40. The molecule has 312 valence electrons. The van der Waals surface area contributed by atoms with Gasteiger partial charge in [0.25, 0.3) is 0 Å². The number of aliphatic hydroxyl groups is 4. The quantitative estimate of drug-likeness (QED) is 0.0605. The van der Waals surface area contributed by atoms with Crippen LogP contribution in [0.5, 0.6) is 0 Å². The molecule has 0 amide bonds. The van der Waals surface area contributed by atoms with Gasteiger partial charge in [0, 0.05) is 26.2 Å². The van der Waals surface area contributed by atoms with E-state index in [1.54, 1.807) is 41.5 Å². The molecule has 1 saturated carbocycles. The summed E-state index contributed by atoms with van der Waals surface area (Å²) in [7, 11) is 0. The van der Waals surface area contributed by atoms with Crippen LogP contribution in [0.1, 0.15) is 114 Å². The molecule has 6 N–H and O–H groups in total. The first-order chi connectivity index (χ1) is 22.4. The third-order valence-corrected chi connectivity index (χ3v) is 5.84. The highest BCUT2D eigenvalue weighted by Crippen LogP contribution is 2.17. The zero-order valence-electron chi connectivity index (χ0n) is 31.4. The Labute approximate surface area is 329 Å². The van der Waals surface area contributed by atoms with Crippen LogP contribution in [0.25, 0.3) is 0 Å². The van der Waals surface area contributed by atoms with Crippen molar-refractivity contribution in [2.45, 2.75) is 150 Å². The average molecular weight is 790 g/mol. The Balaban J connectivity index is -0.0000000956. The summed E-state index contributed by atoms with van der Waals surface area (Å²) < 4.78 is 13.8. The van der Waals surface area contributed by atoms with Crippen LogP contribution in [0.4, 0.5) is 9.59 Å². The summed E-state index contributed by atoms with van der Waals surface area (Å²) in [6, 6.07) is 0. The monoisotopic (exact) mass is 789 g/mol. The zero-order chi connectivity index (χ0) is 37.4. The van der Waals surface area contributed by atoms with Gasteiger partial charge in [0.1, 0.15) is 11.2 Å². The third kappa shape index (κ3) is 52.1. The van der Waals surface area contributed by atoms with Crippen LogP contribution in [0.2, 0.25) is 0 Å². The van der Waals surface area contributed by atoms with Gasteiger partial charge in [-0.2, -0.15) is 0 Å². The number of carbonyl (C=O) groups excluding carboxylic acids is 2. The number of hydrogen-bond acceptors (Lipinski definition) is 11. The topological polar surface area (TPSA) is 167 Å². The fraction of sp³-hybridized carbons (Fsp3) is 0.692. The number of halogens is 2. The van der Waals surface area contributed by atoms with E-state index in [0.717, 1.165) is 45.2 Å². The standard InChI is InChI=1S/C10H18O5.C7H12.C6H11N.C5H10O2.C5H8.C4H9NO2.2CH4.2ClH/c1-9(2,3)14-7(11)13-8(12)15-10(4,5)6;2*1-3-5-7-6-4-2;6-4-2-1-3-5(4)7;1-2-4-5-3-1;6-3-1-5-2-4(3)7;;;;/h1-6H3;3-4H,1-2,5-7H2;3-4,7H,1-2,5-6H2;4-7H,1-3H2;1-2H,3-5H2;3-7H,1-2H2;2*1H4;2*1H/t;;;4-,5+;;3-,4+;;;;. The van der Waals surface area contributed by atoms with Gasteiger partial charge in [-0.05, 0) is 99.3 Å².